The lowest BCUT2D eigenvalue weighted by molar-refractivity contribution is -0.139. The normalized spacial score (nSPS) is 17.7. The zero-order valence-corrected chi connectivity index (χ0v) is 13.3. The molecule has 0 aliphatic carbocycles. The predicted molar refractivity (Wildman–Crippen MR) is 84.6 cm³/mol. The summed E-state index contributed by atoms with van der Waals surface area (Å²) in [7, 11) is 0. The molecule has 1 aliphatic heterocycles. The van der Waals surface area contributed by atoms with Crippen LogP contribution in [0.25, 0.3) is 11.5 Å². The Labute approximate surface area is 138 Å². The molecule has 0 radical (unpaired) electrons. The van der Waals surface area contributed by atoms with Gasteiger partial charge >= 0.3 is 5.97 Å². The Morgan fingerprint density at radius 3 is 2.79 bits per heavy atom. The SMILES string of the molecule is Cc1oc(-c2ccccc2)nc1C(=O)N1CCOCC1CC(=O)O. The van der Waals surface area contributed by atoms with Gasteiger partial charge in [-0.15, -0.1) is 0 Å². The van der Waals surface area contributed by atoms with Crippen molar-refractivity contribution >= 4 is 11.9 Å². The van der Waals surface area contributed by atoms with Crippen LogP contribution >= 0.6 is 0 Å². The molecular weight excluding hydrogens is 312 g/mol. The summed E-state index contributed by atoms with van der Waals surface area (Å²) in [5.41, 5.74) is 0.995. The molecular formula is C17H18N2O5. The molecule has 1 atom stereocenters. The average molecular weight is 330 g/mol. The van der Waals surface area contributed by atoms with Gasteiger partial charge < -0.3 is 19.2 Å². The number of hydrogen-bond donors (Lipinski definition) is 1. The molecule has 7 nitrogen and oxygen atoms in total. The first-order chi connectivity index (χ1) is 11.6. The van der Waals surface area contributed by atoms with Crippen molar-refractivity contribution in [3.05, 3.63) is 41.8 Å². The van der Waals surface area contributed by atoms with Gasteiger partial charge in [0.2, 0.25) is 5.89 Å². The summed E-state index contributed by atoms with van der Waals surface area (Å²) in [6.07, 6.45) is -0.159. The summed E-state index contributed by atoms with van der Waals surface area (Å²) in [5, 5.41) is 9.02. The van der Waals surface area contributed by atoms with Crippen LogP contribution < -0.4 is 0 Å². The van der Waals surface area contributed by atoms with Crippen molar-refractivity contribution in [2.45, 2.75) is 19.4 Å². The molecule has 1 fully saturated rings. The number of nitrogens with zero attached hydrogens (tertiary/aromatic N) is 2. The Balaban J connectivity index is 1.86. The number of carbonyl (C=O) groups excluding carboxylic acids is 1. The van der Waals surface area contributed by atoms with Gasteiger partial charge in [0.05, 0.1) is 25.7 Å². The van der Waals surface area contributed by atoms with Gasteiger partial charge in [-0.1, -0.05) is 18.2 Å². The van der Waals surface area contributed by atoms with E-state index in [0.717, 1.165) is 5.56 Å². The van der Waals surface area contributed by atoms with E-state index >= 15 is 0 Å². The Bertz CT molecular complexity index is 741. The second-order valence-corrected chi connectivity index (χ2v) is 5.61. The summed E-state index contributed by atoms with van der Waals surface area (Å²) in [5.74, 6) is -0.503. The summed E-state index contributed by atoms with van der Waals surface area (Å²) < 4.78 is 10.9. The van der Waals surface area contributed by atoms with Gasteiger partial charge in [0.25, 0.3) is 5.91 Å². The molecule has 1 aromatic heterocycles. The van der Waals surface area contributed by atoms with Crippen LogP contribution in [0.5, 0.6) is 0 Å². The van der Waals surface area contributed by atoms with E-state index in [0.29, 0.717) is 24.8 Å². The summed E-state index contributed by atoms with van der Waals surface area (Å²) in [6.45, 7) is 2.61. The lowest BCUT2D eigenvalue weighted by atomic mass is 10.1. The fourth-order valence-corrected chi connectivity index (χ4v) is 2.73. The van der Waals surface area contributed by atoms with Crippen molar-refractivity contribution < 1.29 is 23.8 Å². The topological polar surface area (TPSA) is 92.9 Å². The molecule has 7 heteroatoms. The zero-order valence-electron chi connectivity index (χ0n) is 13.3. The van der Waals surface area contributed by atoms with Crippen LogP contribution in [0.15, 0.2) is 34.7 Å². The van der Waals surface area contributed by atoms with Gasteiger partial charge in [-0.25, -0.2) is 4.98 Å². The van der Waals surface area contributed by atoms with Gasteiger partial charge in [-0.05, 0) is 19.1 Å². The minimum atomic E-state index is -0.967. The fourth-order valence-electron chi connectivity index (χ4n) is 2.73. The van der Waals surface area contributed by atoms with Crippen molar-refractivity contribution in [1.82, 2.24) is 9.88 Å². The Kier molecular flexibility index (Phi) is 4.61. The Hall–Kier alpha value is -2.67. The van der Waals surface area contributed by atoms with Crippen molar-refractivity contribution in [2.75, 3.05) is 19.8 Å². The third-order valence-corrected chi connectivity index (χ3v) is 3.92. The molecule has 1 aromatic carbocycles. The second-order valence-electron chi connectivity index (χ2n) is 5.61. The fraction of sp³-hybridized carbons (Fsp3) is 0.353. The quantitative estimate of drug-likeness (QED) is 0.921. The number of benzene rings is 1. The van der Waals surface area contributed by atoms with Crippen LogP contribution in [0.3, 0.4) is 0 Å². The number of carbonyl (C=O) groups is 2. The average Bonchev–Trinajstić information content (AvgIpc) is 2.97. The number of carboxylic acid groups (broad SMARTS) is 1. The predicted octanol–water partition coefficient (Wildman–Crippen LogP) is 1.97. The largest absolute Gasteiger partial charge is 0.481 e. The number of hydrogen-bond acceptors (Lipinski definition) is 5. The maximum Gasteiger partial charge on any atom is 0.305 e. The third kappa shape index (κ3) is 3.30. The summed E-state index contributed by atoms with van der Waals surface area (Å²) in [6, 6.07) is 8.81. The first kappa shape index (κ1) is 16.2. The minimum Gasteiger partial charge on any atom is -0.481 e. The van der Waals surface area contributed by atoms with Gasteiger partial charge in [0.1, 0.15) is 5.76 Å². The molecule has 1 amide bonds. The third-order valence-electron chi connectivity index (χ3n) is 3.92. The van der Waals surface area contributed by atoms with Crippen molar-refractivity contribution in [3.8, 4) is 11.5 Å². The molecule has 3 rings (SSSR count). The molecule has 2 heterocycles. The smallest absolute Gasteiger partial charge is 0.305 e. The van der Waals surface area contributed by atoms with Gasteiger partial charge in [0, 0.05) is 12.1 Å². The molecule has 1 N–H and O–H groups in total. The lowest BCUT2D eigenvalue weighted by Crippen LogP contribution is -2.49. The molecule has 1 aliphatic rings. The van der Waals surface area contributed by atoms with Crippen LogP contribution in [0.1, 0.15) is 22.7 Å². The number of carboxylic acids is 1. The number of aliphatic carboxylic acids is 1. The Morgan fingerprint density at radius 2 is 2.08 bits per heavy atom. The number of ether oxygens (including phenoxy) is 1. The van der Waals surface area contributed by atoms with Crippen LogP contribution in [0.4, 0.5) is 0 Å². The summed E-state index contributed by atoms with van der Waals surface area (Å²) in [4.78, 5) is 29.6. The number of morpholine rings is 1. The van der Waals surface area contributed by atoms with Crippen LogP contribution in [-0.2, 0) is 9.53 Å². The van der Waals surface area contributed by atoms with E-state index in [1.54, 1.807) is 6.92 Å². The Morgan fingerprint density at radius 1 is 1.33 bits per heavy atom. The number of rotatable bonds is 4. The molecule has 0 bridgehead atoms. The van der Waals surface area contributed by atoms with Crippen LogP contribution in [0, 0.1) is 6.92 Å². The highest BCUT2D eigenvalue weighted by atomic mass is 16.5. The molecule has 1 unspecified atom stereocenters. The van der Waals surface area contributed by atoms with Gasteiger partial charge in [0.15, 0.2) is 5.69 Å². The van der Waals surface area contributed by atoms with Crippen LogP contribution in [-0.4, -0.2) is 52.7 Å². The zero-order chi connectivity index (χ0) is 17.1. The highest BCUT2D eigenvalue weighted by Gasteiger charge is 2.32. The van der Waals surface area contributed by atoms with E-state index in [1.807, 2.05) is 30.3 Å². The van der Waals surface area contributed by atoms with Crippen LogP contribution in [0.2, 0.25) is 0 Å². The number of oxazole rings is 1. The first-order valence-electron chi connectivity index (χ1n) is 7.69. The second kappa shape index (κ2) is 6.84. The van der Waals surface area contributed by atoms with E-state index in [-0.39, 0.29) is 24.6 Å². The molecule has 1 saturated heterocycles. The number of amides is 1. The highest BCUT2D eigenvalue weighted by Crippen LogP contribution is 2.23. The molecule has 126 valence electrons. The molecule has 2 aromatic rings. The standard InChI is InChI=1S/C17H18N2O5/c1-11-15(18-16(24-11)12-5-3-2-4-6-12)17(22)19-7-8-23-10-13(19)9-14(20)21/h2-6,13H,7-10H2,1H3,(H,20,21). The first-order valence-corrected chi connectivity index (χ1v) is 7.69. The maximum absolute atomic E-state index is 12.8. The number of aryl methyl sites for hydroxylation is 1. The van der Waals surface area contributed by atoms with E-state index in [4.69, 9.17) is 14.3 Å². The summed E-state index contributed by atoms with van der Waals surface area (Å²) >= 11 is 0. The molecule has 0 spiro atoms. The van der Waals surface area contributed by atoms with Crippen molar-refractivity contribution in [3.63, 3.8) is 0 Å². The maximum atomic E-state index is 12.8. The van der Waals surface area contributed by atoms with E-state index in [1.165, 1.54) is 4.90 Å². The van der Waals surface area contributed by atoms with E-state index < -0.39 is 12.0 Å². The monoisotopic (exact) mass is 330 g/mol. The van der Waals surface area contributed by atoms with E-state index in [2.05, 4.69) is 4.98 Å². The van der Waals surface area contributed by atoms with Crippen molar-refractivity contribution in [2.24, 2.45) is 0 Å². The lowest BCUT2D eigenvalue weighted by Gasteiger charge is -2.34. The van der Waals surface area contributed by atoms with Crippen molar-refractivity contribution in [1.29, 1.82) is 0 Å². The molecule has 24 heavy (non-hydrogen) atoms. The van der Waals surface area contributed by atoms with Gasteiger partial charge in [-0.2, -0.15) is 0 Å². The number of aromatic nitrogens is 1. The highest BCUT2D eigenvalue weighted by molar-refractivity contribution is 5.94. The minimum absolute atomic E-state index is 0.159. The van der Waals surface area contributed by atoms with E-state index in [9.17, 15) is 9.59 Å². The van der Waals surface area contributed by atoms with Gasteiger partial charge in [-0.3, -0.25) is 9.59 Å². The molecule has 0 saturated carbocycles.